The van der Waals surface area contributed by atoms with Gasteiger partial charge in [-0.05, 0) is 40.5 Å². The van der Waals surface area contributed by atoms with Gasteiger partial charge in [0, 0.05) is 25.9 Å². The molecule has 7 nitrogen and oxygen atoms in total. The van der Waals surface area contributed by atoms with E-state index < -0.39 is 43.6 Å². The molecular weight excluding hydrogens is 436 g/mol. The number of halogens is 3. The van der Waals surface area contributed by atoms with Crippen molar-refractivity contribution < 1.29 is 36.3 Å². The highest BCUT2D eigenvalue weighted by Gasteiger charge is 2.40. The first-order chi connectivity index (χ1) is 14.3. The standard InChI is InChI=1S/C20H34F3N2O5P/c1-6-28-31(5,27)15(18(26)29-19(2,3)4)13-17-24-16(25-30-17)11-9-7-8-10-12-20(22,23)14-21/h15H,6-14H2,1-5H3. The Morgan fingerprint density at radius 3 is 2.42 bits per heavy atom. The molecule has 1 rings (SSSR count). The molecule has 0 bridgehead atoms. The van der Waals surface area contributed by atoms with Gasteiger partial charge in [0.15, 0.2) is 12.5 Å². The van der Waals surface area contributed by atoms with Crippen LogP contribution in [0.4, 0.5) is 13.2 Å². The van der Waals surface area contributed by atoms with Crippen LogP contribution in [0.1, 0.15) is 71.5 Å². The van der Waals surface area contributed by atoms with Crippen molar-refractivity contribution in [1.29, 1.82) is 0 Å². The third-order valence-electron chi connectivity index (χ3n) is 4.40. The number of hydrogen-bond acceptors (Lipinski definition) is 7. The van der Waals surface area contributed by atoms with E-state index in [1.54, 1.807) is 27.7 Å². The minimum Gasteiger partial charge on any atom is -0.459 e. The molecule has 1 aromatic heterocycles. The number of aryl methyl sites for hydroxylation is 1. The lowest BCUT2D eigenvalue weighted by Crippen LogP contribution is -2.33. The molecule has 1 aromatic rings. The van der Waals surface area contributed by atoms with Crippen LogP contribution in [0.5, 0.6) is 0 Å². The van der Waals surface area contributed by atoms with E-state index in [0.29, 0.717) is 31.5 Å². The molecule has 2 atom stereocenters. The highest BCUT2D eigenvalue weighted by molar-refractivity contribution is 7.60. The predicted molar refractivity (Wildman–Crippen MR) is 111 cm³/mol. The van der Waals surface area contributed by atoms with Crippen LogP contribution in [-0.4, -0.2) is 53.2 Å². The maximum Gasteiger partial charge on any atom is 0.319 e. The Bertz CT molecular complexity index is 737. The van der Waals surface area contributed by atoms with Crippen molar-refractivity contribution in [1.82, 2.24) is 10.1 Å². The molecule has 0 aromatic carbocycles. The van der Waals surface area contributed by atoms with Crippen LogP contribution in [-0.2, 0) is 31.5 Å². The van der Waals surface area contributed by atoms with E-state index in [2.05, 4.69) is 10.1 Å². The van der Waals surface area contributed by atoms with Gasteiger partial charge in [0.2, 0.25) is 13.3 Å². The minimum absolute atomic E-state index is 0.0754. The second kappa shape index (κ2) is 12.0. The summed E-state index contributed by atoms with van der Waals surface area (Å²) >= 11 is 0. The number of ether oxygens (including phenoxy) is 1. The number of unbranched alkanes of at least 4 members (excludes halogenated alkanes) is 3. The number of nitrogens with zero attached hydrogens (tertiary/aromatic N) is 2. The first-order valence-electron chi connectivity index (χ1n) is 10.5. The van der Waals surface area contributed by atoms with Gasteiger partial charge in [-0.2, -0.15) is 4.98 Å². The molecule has 0 saturated carbocycles. The van der Waals surface area contributed by atoms with E-state index >= 15 is 0 Å². The Morgan fingerprint density at radius 1 is 1.19 bits per heavy atom. The lowest BCUT2D eigenvalue weighted by molar-refractivity contribution is -0.154. The van der Waals surface area contributed by atoms with Crippen molar-refractivity contribution in [3.05, 3.63) is 11.7 Å². The largest absolute Gasteiger partial charge is 0.459 e. The molecule has 0 aliphatic rings. The molecular formula is C20H34F3N2O5P. The highest BCUT2D eigenvalue weighted by Crippen LogP contribution is 2.50. The quantitative estimate of drug-likeness (QED) is 0.205. The van der Waals surface area contributed by atoms with Gasteiger partial charge in [-0.3, -0.25) is 9.36 Å². The van der Waals surface area contributed by atoms with Crippen molar-refractivity contribution in [3.8, 4) is 0 Å². The molecule has 0 radical (unpaired) electrons. The molecule has 0 aliphatic carbocycles. The second-order valence-electron chi connectivity index (χ2n) is 8.59. The van der Waals surface area contributed by atoms with Gasteiger partial charge in [-0.15, -0.1) is 0 Å². The molecule has 1 heterocycles. The van der Waals surface area contributed by atoms with Gasteiger partial charge < -0.3 is 13.8 Å². The van der Waals surface area contributed by atoms with Gasteiger partial charge in [0.1, 0.15) is 11.3 Å². The van der Waals surface area contributed by atoms with Crippen molar-refractivity contribution >= 4 is 13.3 Å². The summed E-state index contributed by atoms with van der Waals surface area (Å²) in [5.41, 5.74) is -1.83. The van der Waals surface area contributed by atoms with E-state index in [0.717, 1.165) is 0 Å². The number of hydrogen-bond donors (Lipinski definition) is 0. The molecule has 0 aliphatic heterocycles. The van der Waals surface area contributed by atoms with E-state index in [1.165, 1.54) is 6.66 Å². The smallest absolute Gasteiger partial charge is 0.319 e. The SMILES string of the molecule is CCOP(C)(=O)C(Cc1nc(CCCCCCC(F)(F)CF)no1)C(=O)OC(C)(C)C. The maximum atomic E-state index is 12.9. The third kappa shape index (κ3) is 10.6. The summed E-state index contributed by atoms with van der Waals surface area (Å²) in [5.74, 6) is -3.34. The van der Waals surface area contributed by atoms with Gasteiger partial charge >= 0.3 is 5.97 Å². The fraction of sp³-hybridized carbons (Fsp3) is 0.850. The normalized spacial score (nSPS) is 15.5. The molecule has 0 N–H and O–H groups in total. The number of carbonyl (C=O) groups is 1. The van der Waals surface area contributed by atoms with Crippen LogP contribution in [0, 0.1) is 0 Å². The average Bonchev–Trinajstić information content (AvgIpc) is 3.08. The predicted octanol–water partition coefficient (Wildman–Crippen LogP) is 5.36. The Morgan fingerprint density at radius 2 is 1.84 bits per heavy atom. The zero-order chi connectivity index (χ0) is 23.7. The van der Waals surface area contributed by atoms with Crippen LogP contribution >= 0.6 is 7.37 Å². The lowest BCUT2D eigenvalue weighted by Gasteiger charge is -2.26. The molecule has 0 fully saturated rings. The van der Waals surface area contributed by atoms with E-state index in [-0.39, 0.29) is 25.3 Å². The zero-order valence-electron chi connectivity index (χ0n) is 19.0. The van der Waals surface area contributed by atoms with Crippen molar-refractivity contribution in [2.75, 3.05) is 19.9 Å². The lowest BCUT2D eigenvalue weighted by atomic mass is 10.1. The van der Waals surface area contributed by atoms with Gasteiger partial charge in [-0.25, -0.2) is 13.2 Å². The van der Waals surface area contributed by atoms with Crippen LogP contribution in [0.2, 0.25) is 0 Å². The second-order valence-corrected chi connectivity index (χ2v) is 11.3. The number of esters is 1. The van der Waals surface area contributed by atoms with Gasteiger partial charge in [-0.1, -0.05) is 18.0 Å². The summed E-state index contributed by atoms with van der Waals surface area (Å²) in [6.45, 7) is 6.77. The molecule has 0 amide bonds. The molecule has 180 valence electrons. The van der Waals surface area contributed by atoms with Crippen molar-refractivity contribution in [2.45, 2.75) is 89.8 Å². The van der Waals surface area contributed by atoms with Crippen LogP contribution in [0.25, 0.3) is 0 Å². The fourth-order valence-corrected chi connectivity index (χ4v) is 4.50. The van der Waals surface area contributed by atoms with Crippen LogP contribution < -0.4 is 0 Å². The van der Waals surface area contributed by atoms with Gasteiger partial charge in [0.25, 0.3) is 5.92 Å². The first-order valence-corrected chi connectivity index (χ1v) is 12.6. The summed E-state index contributed by atoms with van der Waals surface area (Å²) in [7, 11) is -3.34. The Hall–Kier alpha value is -1.41. The van der Waals surface area contributed by atoms with Crippen LogP contribution in [0.15, 0.2) is 4.52 Å². The molecule has 0 spiro atoms. The minimum atomic E-state index is -3.34. The maximum absolute atomic E-state index is 12.9. The third-order valence-corrected chi connectivity index (χ3v) is 6.69. The summed E-state index contributed by atoms with van der Waals surface area (Å²) in [5, 5.41) is 3.86. The Labute approximate surface area is 181 Å². The number of carbonyl (C=O) groups excluding carboxylic acids is 1. The Balaban J connectivity index is 2.63. The average molecular weight is 470 g/mol. The topological polar surface area (TPSA) is 91.5 Å². The number of rotatable bonds is 14. The number of aromatic nitrogens is 2. The highest BCUT2D eigenvalue weighted by atomic mass is 31.2. The summed E-state index contributed by atoms with van der Waals surface area (Å²) in [6, 6.07) is 0. The Kier molecular flexibility index (Phi) is 10.7. The number of alkyl halides is 3. The molecule has 0 saturated heterocycles. The summed E-state index contributed by atoms with van der Waals surface area (Å²) in [4.78, 5) is 16.9. The molecule has 11 heteroatoms. The zero-order valence-corrected chi connectivity index (χ0v) is 19.9. The van der Waals surface area contributed by atoms with E-state index in [9.17, 15) is 22.5 Å². The molecule has 31 heavy (non-hydrogen) atoms. The summed E-state index contributed by atoms with van der Waals surface area (Å²) in [6.07, 6.45) is 2.05. The van der Waals surface area contributed by atoms with Gasteiger partial charge in [0.05, 0.1) is 6.61 Å². The van der Waals surface area contributed by atoms with Crippen LogP contribution in [0.3, 0.4) is 0 Å². The van der Waals surface area contributed by atoms with E-state index in [4.69, 9.17) is 13.8 Å². The molecule has 2 unspecified atom stereocenters. The summed E-state index contributed by atoms with van der Waals surface area (Å²) < 4.78 is 66.6. The van der Waals surface area contributed by atoms with Crippen molar-refractivity contribution in [2.24, 2.45) is 0 Å². The monoisotopic (exact) mass is 470 g/mol. The first kappa shape index (κ1) is 27.6. The fourth-order valence-electron chi connectivity index (χ4n) is 2.88. The van der Waals surface area contributed by atoms with E-state index in [1.807, 2.05) is 0 Å². The van der Waals surface area contributed by atoms with Crippen molar-refractivity contribution in [3.63, 3.8) is 0 Å².